The number of nitrogens with zero attached hydrogens (tertiary/aromatic N) is 3. The van der Waals surface area contributed by atoms with E-state index in [9.17, 15) is 9.59 Å². The number of hydrogen-bond acceptors (Lipinski definition) is 4. The van der Waals surface area contributed by atoms with Crippen molar-refractivity contribution in [3.63, 3.8) is 0 Å². The molecule has 0 radical (unpaired) electrons. The summed E-state index contributed by atoms with van der Waals surface area (Å²) in [5.74, 6) is -0.249. The summed E-state index contributed by atoms with van der Waals surface area (Å²) in [7, 11) is 1.38. The van der Waals surface area contributed by atoms with Gasteiger partial charge in [0.25, 0.3) is 0 Å². The average molecular weight is 265 g/mol. The van der Waals surface area contributed by atoms with Crippen LogP contribution in [0.15, 0.2) is 18.5 Å². The van der Waals surface area contributed by atoms with Crippen LogP contribution in [-0.4, -0.2) is 46.3 Å². The van der Waals surface area contributed by atoms with Crippen LogP contribution < -0.4 is 0 Å². The molecule has 0 aromatic carbocycles. The number of carbonyl (C=O) groups is 2. The zero-order valence-electron chi connectivity index (χ0n) is 11.1. The van der Waals surface area contributed by atoms with E-state index in [2.05, 4.69) is 5.10 Å². The van der Waals surface area contributed by atoms with E-state index >= 15 is 0 Å². The quantitative estimate of drug-likeness (QED) is 0.756. The Morgan fingerprint density at radius 3 is 2.95 bits per heavy atom. The molecule has 0 aliphatic carbocycles. The lowest BCUT2D eigenvalue weighted by Gasteiger charge is -2.35. The molecule has 2 heterocycles. The lowest BCUT2D eigenvalue weighted by molar-refractivity contribution is -0.144. The van der Waals surface area contributed by atoms with Gasteiger partial charge in [0.1, 0.15) is 6.54 Å². The summed E-state index contributed by atoms with van der Waals surface area (Å²) in [5.41, 5.74) is 0. The minimum absolute atomic E-state index is 0.0114. The van der Waals surface area contributed by atoms with Gasteiger partial charge in [0.2, 0.25) is 5.91 Å². The normalized spacial score (nSPS) is 19.2. The van der Waals surface area contributed by atoms with Gasteiger partial charge < -0.3 is 9.64 Å². The van der Waals surface area contributed by atoms with E-state index in [4.69, 9.17) is 4.74 Å². The number of aromatic nitrogens is 2. The van der Waals surface area contributed by atoms with Crippen molar-refractivity contribution in [3.8, 4) is 0 Å². The van der Waals surface area contributed by atoms with Crippen LogP contribution in [0.3, 0.4) is 0 Å². The predicted octanol–water partition coefficient (Wildman–Crippen LogP) is 0.827. The highest BCUT2D eigenvalue weighted by Gasteiger charge is 2.28. The van der Waals surface area contributed by atoms with Gasteiger partial charge in [-0.05, 0) is 25.3 Å². The number of amides is 1. The molecule has 0 bridgehead atoms. The first-order valence-corrected chi connectivity index (χ1v) is 6.54. The Morgan fingerprint density at radius 2 is 2.26 bits per heavy atom. The first-order valence-electron chi connectivity index (χ1n) is 6.54. The summed E-state index contributed by atoms with van der Waals surface area (Å²) >= 11 is 0. The van der Waals surface area contributed by atoms with Crippen LogP contribution in [0.2, 0.25) is 0 Å². The summed E-state index contributed by atoms with van der Waals surface area (Å²) in [6.45, 7) is 0.937. The zero-order chi connectivity index (χ0) is 13.7. The Kier molecular flexibility index (Phi) is 4.54. The second-order valence-electron chi connectivity index (χ2n) is 4.72. The summed E-state index contributed by atoms with van der Waals surface area (Å²) in [6.07, 6.45) is 6.59. The molecule has 0 N–H and O–H groups in total. The third kappa shape index (κ3) is 3.56. The van der Waals surface area contributed by atoms with Crippen LogP contribution in [0.1, 0.15) is 25.7 Å². The maximum Gasteiger partial charge on any atom is 0.307 e. The topological polar surface area (TPSA) is 64.4 Å². The number of rotatable bonds is 4. The van der Waals surface area contributed by atoms with Gasteiger partial charge in [0.05, 0.1) is 13.5 Å². The van der Waals surface area contributed by atoms with Gasteiger partial charge in [-0.2, -0.15) is 5.10 Å². The lowest BCUT2D eigenvalue weighted by Crippen LogP contribution is -2.46. The van der Waals surface area contributed by atoms with Crippen LogP contribution in [-0.2, 0) is 20.9 Å². The fourth-order valence-corrected chi connectivity index (χ4v) is 2.44. The molecule has 1 saturated heterocycles. The Hall–Kier alpha value is -1.85. The van der Waals surface area contributed by atoms with Crippen molar-refractivity contribution < 1.29 is 14.3 Å². The SMILES string of the molecule is COC(=O)CC1CCCCN1C(=O)Cn1cccn1. The summed E-state index contributed by atoms with van der Waals surface area (Å²) in [4.78, 5) is 25.4. The first-order chi connectivity index (χ1) is 9.20. The first kappa shape index (κ1) is 13.6. The molecule has 1 aliphatic rings. The van der Waals surface area contributed by atoms with E-state index in [1.807, 2.05) is 0 Å². The summed E-state index contributed by atoms with van der Waals surface area (Å²) in [6, 6.07) is 1.75. The van der Waals surface area contributed by atoms with Gasteiger partial charge >= 0.3 is 5.97 Å². The minimum atomic E-state index is -0.260. The third-order valence-electron chi connectivity index (χ3n) is 3.43. The second kappa shape index (κ2) is 6.36. The maximum absolute atomic E-state index is 12.3. The minimum Gasteiger partial charge on any atom is -0.469 e. The highest BCUT2D eigenvalue weighted by atomic mass is 16.5. The highest BCUT2D eigenvalue weighted by molar-refractivity contribution is 5.77. The fraction of sp³-hybridized carbons (Fsp3) is 0.615. The number of piperidine rings is 1. The van der Waals surface area contributed by atoms with Crippen LogP contribution in [0, 0.1) is 0 Å². The van der Waals surface area contributed by atoms with Crippen LogP contribution in [0.5, 0.6) is 0 Å². The predicted molar refractivity (Wildman–Crippen MR) is 68.2 cm³/mol. The molecule has 1 aliphatic heterocycles. The van der Waals surface area contributed by atoms with Crippen molar-refractivity contribution in [2.45, 2.75) is 38.3 Å². The largest absolute Gasteiger partial charge is 0.469 e. The molecule has 6 nitrogen and oxygen atoms in total. The summed E-state index contributed by atoms with van der Waals surface area (Å²) < 4.78 is 6.30. The van der Waals surface area contributed by atoms with Crippen molar-refractivity contribution in [1.82, 2.24) is 14.7 Å². The van der Waals surface area contributed by atoms with E-state index in [1.54, 1.807) is 28.0 Å². The third-order valence-corrected chi connectivity index (χ3v) is 3.43. The number of esters is 1. The van der Waals surface area contributed by atoms with Gasteiger partial charge in [0, 0.05) is 25.0 Å². The molecule has 104 valence electrons. The smallest absolute Gasteiger partial charge is 0.307 e. The number of hydrogen-bond donors (Lipinski definition) is 0. The number of likely N-dealkylation sites (tertiary alicyclic amines) is 1. The van der Waals surface area contributed by atoms with E-state index in [0.29, 0.717) is 6.54 Å². The average Bonchev–Trinajstić information content (AvgIpc) is 2.92. The van der Waals surface area contributed by atoms with Crippen molar-refractivity contribution in [1.29, 1.82) is 0 Å². The van der Waals surface area contributed by atoms with Crippen molar-refractivity contribution >= 4 is 11.9 Å². The van der Waals surface area contributed by atoms with Crippen molar-refractivity contribution in [2.24, 2.45) is 0 Å². The van der Waals surface area contributed by atoms with Gasteiger partial charge in [-0.15, -0.1) is 0 Å². The van der Waals surface area contributed by atoms with E-state index < -0.39 is 0 Å². The highest BCUT2D eigenvalue weighted by Crippen LogP contribution is 2.20. The molecule has 1 aromatic heterocycles. The molecule has 0 spiro atoms. The van der Waals surface area contributed by atoms with Gasteiger partial charge in [-0.3, -0.25) is 14.3 Å². The Bertz CT molecular complexity index is 430. The summed E-state index contributed by atoms with van der Waals surface area (Å²) in [5, 5.41) is 4.03. The maximum atomic E-state index is 12.3. The standard InChI is InChI=1S/C13H19N3O3/c1-19-13(18)9-11-5-2-3-8-16(11)12(17)10-15-7-4-6-14-15/h4,6-7,11H,2-3,5,8-10H2,1H3. The van der Waals surface area contributed by atoms with Crippen LogP contribution in [0.25, 0.3) is 0 Å². The van der Waals surface area contributed by atoms with E-state index in [0.717, 1.165) is 19.3 Å². The molecule has 2 rings (SSSR count). The number of methoxy groups -OCH3 is 1. The number of carbonyl (C=O) groups excluding carboxylic acids is 2. The molecule has 0 saturated carbocycles. The molecule has 1 atom stereocenters. The molecular formula is C13H19N3O3. The zero-order valence-corrected chi connectivity index (χ0v) is 11.1. The molecule has 1 fully saturated rings. The molecule has 1 unspecified atom stereocenters. The monoisotopic (exact) mass is 265 g/mol. The molecule has 1 amide bonds. The molecule has 19 heavy (non-hydrogen) atoms. The van der Waals surface area contributed by atoms with Crippen molar-refractivity contribution in [3.05, 3.63) is 18.5 Å². The fourth-order valence-electron chi connectivity index (χ4n) is 2.44. The molecule has 6 heteroatoms. The lowest BCUT2D eigenvalue weighted by atomic mass is 9.99. The molecular weight excluding hydrogens is 246 g/mol. The second-order valence-corrected chi connectivity index (χ2v) is 4.72. The number of ether oxygens (including phenoxy) is 1. The van der Waals surface area contributed by atoms with E-state index in [1.165, 1.54) is 7.11 Å². The Labute approximate surface area is 112 Å². The van der Waals surface area contributed by atoms with Crippen molar-refractivity contribution in [2.75, 3.05) is 13.7 Å². The Morgan fingerprint density at radius 1 is 1.42 bits per heavy atom. The van der Waals surface area contributed by atoms with Gasteiger partial charge in [-0.1, -0.05) is 0 Å². The van der Waals surface area contributed by atoms with E-state index in [-0.39, 0.29) is 30.9 Å². The molecule has 1 aromatic rings. The van der Waals surface area contributed by atoms with Gasteiger partial charge in [-0.25, -0.2) is 0 Å². The Balaban J connectivity index is 1.98. The van der Waals surface area contributed by atoms with Gasteiger partial charge in [0.15, 0.2) is 0 Å². The van der Waals surface area contributed by atoms with Crippen LogP contribution in [0.4, 0.5) is 0 Å². The van der Waals surface area contributed by atoms with Crippen LogP contribution >= 0.6 is 0 Å².